The van der Waals surface area contributed by atoms with E-state index in [1.54, 1.807) is 50.4 Å². The average molecular weight is 520 g/mol. The number of amides is 2. The van der Waals surface area contributed by atoms with E-state index in [9.17, 15) is 18.0 Å². The monoisotopic (exact) mass is 519 g/mol. The Morgan fingerprint density at radius 1 is 1.03 bits per heavy atom. The molecule has 0 aliphatic rings. The fourth-order valence-corrected chi connectivity index (χ4v) is 4.69. The lowest BCUT2D eigenvalue weighted by molar-refractivity contribution is -0.140. The smallest absolute Gasteiger partial charge is 0.242 e. The Balaban J connectivity index is 2.18. The zero-order chi connectivity index (χ0) is 26.7. The molecule has 2 aromatic carbocycles. The second-order valence-corrected chi connectivity index (χ2v) is 10.4. The van der Waals surface area contributed by atoms with E-state index in [0.717, 1.165) is 18.2 Å². The molecular weight excluding hydrogens is 482 g/mol. The quantitative estimate of drug-likeness (QED) is 0.411. The lowest BCUT2D eigenvalue weighted by Gasteiger charge is -2.29. The maximum atomic E-state index is 13.3. The number of ether oxygens (including phenoxy) is 2. The third kappa shape index (κ3) is 8.15. The fourth-order valence-electron chi connectivity index (χ4n) is 3.72. The Kier molecular flexibility index (Phi) is 11.0. The molecule has 9 nitrogen and oxygen atoms in total. The van der Waals surface area contributed by atoms with Crippen molar-refractivity contribution in [3.05, 3.63) is 54.1 Å². The van der Waals surface area contributed by atoms with Gasteiger partial charge in [-0.15, -0.1) is 0 Å². The molecule has 1 atom stereocenters. The Morgan fingerprint density at radius 3 is 2.28 bits per heavy atom. The molecule has 0 bridgehead atoms. The van der Waals surface area contributed by atoms with Crippen LogP contribution in [-0.2, 0) is 26.2 Å². The summed E-state index contributed by atoms with van der Waals surface area (Å²) in [7, 11) is -0.555. The molecule has 0 aromatic heterocycles. The average Bonchev–Trinajstić information content (AvgIpc) is 2.87. The first-order chi connectivity index (χ1) is 17.1. The van der Waals surface area contributed by atoms with Crippen LogP contribution in [0.25, 0.3) is 0 Å². The standard InChI is InChI=1S/C26H37N3O6S/c1-6-17-27-26(31)20(2)28(19-21-13-15-22(34-3)16-14-21)25(30)12-9-18-29(36(5,32)33)23-10-7-8-11-24(23)35-4/h7-8,10-11,13-16,20H,6,9,12,17-19H2,1-5H3,(H,27,31). The minimum Gasteiger partial charge on any atom is -0.497 e. The molecule has 1 N–H and O–H groups in total. The first kappa shape index (κ1) is 29.0. The second kappa shape index (κ2) is 13.7. The van der Waals surface area contributed by atoms with Gasteiger partial charge in [0.05, 0.1) is 26.2 Å². The lowest BCUT2D eigenvalue weighted by Crippen LogP contribution is -2.47. The molecule has 2 rings (SSSR count). The van der Waals surface area contributed by atoms with Gasteiger partial charge in [0.1, 0.15) is 17.5 Å². The molecule has 2 aromatic rings. The van der Waals surface area contributed by atoms with Gasteiger partial charge >= 0.3 is 0 Å². The largest absolute Gasteiger partial charge is 0.497 e. The number of rotatable bonds is 14. The van der Waals surface area contributed by atoms with Gasteiger partial charge in [0, 0.05) is 26.1 Å². The number of para-hydroxylation sites is 2. The third-order valence-corrected chi connectivity index (χ3v) is 6.91. The van der Waals surface area contributed by atoms with Gasteiger partial charge in [0.15, 0.2) is 0 Å². The van der Waals surface area contributed by atoms with Crippen LogP contribution in [0.3, 0.4) is 0 Å². The highest BCUT2D eigenvalue weighted by Crippen LogP contribution is 2.29. The van der Waals surface area contributed by atoms with Gasteiger partial charge in [-0.25, -0.2) is 8.42 Å². The molecule has 0 aliphatic carbocycles. The molecule has 0 saturated heterocycles. The van der Waals surface area contributed by atoms with Crippen molar-refractivity contribution in [2.24, 2.45) is 0 Å². The summed E-state index contributed by atoms with van der Waals surface area (Å²) in [6.07, 6.45) is 2.25. The number of methoxy groups -OCH3 is 2. The van der Waals surface area contributed by atoms with Crippen LogP contribution in [-0.4, -0.2) is 64.7 Å². The van der Waals surface area contributed by atoms with Crippen molar-refractivity contribution >= 4 is 27.5 Å². The number of carbonyl (C=O) groups excluding carboxylic acids is 2. The summed E-state index contributed by atoms with van der Waals surface area (Å²) in [6, 6.07) is 13.5. The van der Waals surface area contributed by atoms with Crippen molar-refractivity contribution in [2.75, 3.05) is 37.9 Å². The number of carbonyl (C=O) groups is 2. The zero-order valence-corrected chi connectivity index (χ0v) is 22.5. The van der Waals surface area contributed by atoms with Crippen LogP contribution in [0.15, 0.2) is 48.5 Å². The summed E-state index contributed by atoms with van der Waals surface area (Å²) in [5.74, 6) is 0.656. The van der Waals surface area contributed by atoms with E-state index < -0.39 is 16.1 Å². The van der Waals surface area contributed by atoms with E-state index in [2.05, 4.69) is 5.32 Å². The molecule has 36 heavy (non-hydrogen) atoms. The molecule has 2 amide bonds. The van der Waals surface area contributed by atoms with Gasteiger partial charge in [-0.3, -0.25) is 13.9 Å². The van der Waals surface area contributed by atoms with Crippen LogP contribution in [0.5, 0.6) is 11.5 Å². The Hall–Kier alpha value is -3.27. The third-order valence-electron chi connectivity index (χ3n) is 5.73. The highest BCUT2D eigenvalue weighted by atomic mass is 32.2. The lowest BCUT2D eigenvalue weighted by atomic mass is 10.1. The Morgan fingerprint density at radius 2 is 1.69 bits per heavy atom. The van der Waals surface area contributed by atoms with Crippen molar-refractivity contribution < 1.29 is 27.5 Å². The summed E-state index contributed by atoms with van der Waals surface area (Å²) in [5, 5.41) is 2.85. The maximum absolute atomic E-state index is 13.3. The van der Waals surface area contributed by atoms with Crippen molar-refractivity contribution in [3.8, 4) is 11.5 Å². The summed E-state index contributed by atoms with van der Waals surface area (Å²) in [5.41, 5.74) is 1.27. The summed E-state index contributed by atoms with van der Waals surface area (Å²) < 4.78 is 36.8. The van der Waals surface area contributed by atoms with Crippen LogP contribution >= 0.6 is 0 Å². The molecule has 0 spiro atoms. The van der Waals surface area contributed by atoms with Crippen LogP contribution < -0.4 is 19.1 Å². The van der Waals surface area contributed by atoms with Crippen LogP contribution in [0.1, 0.15) is 38.7 Å². The van der Waals surface area contributed by atoms with Gasteiger partial charge in [0.2, 0.25) is 21.8 Å². The van der Waals surface area contributed by atoms with E-state index in [1.807, 2.05) is 19.1 Å². The predicted octanol–water partition coefficient (Wildman–Crippen LogP) is 3.19. The van der Waals surface area contributed by atoms with Crippen LogP contribution in [0.2, 0.25) is 0 Å². The van der Waals surface area contributed by atoms with E-state index in [-0.39, 0.29) is 37.7 Å². The molecule has 0 saturated carbocycles. The molecule has 0 heterocycles. The summed E-state index contributed by atoms with van der Waals surface area (Å²) >= 11 is 0. The molecule has 0 radical (unpaired) electrons. The molecular formula is C26H37N3O6S. The number of sulfonamides is 1. The summed E-state index contributed by atoms with van der Waals surface area (Å²) in [4.78, 5) is 27.5. The molecule has 10 heteroatoms. The van der Waals surface area contributed by atoms with E-state index >= 15 is 0 Å². The zero-order valence-electron chi connectivity index (χ0n) is 21.7. The fraction of sp³-hybridized carbons (Fsp3) is 0.462. The highest BCUT2D eigenvalue weighted by molar-refractivity contribution is 7.92. The van der Waals surface area contributed by atoms with E-state index in [4.69, 9.17) is 9.47 Å². The van der Waals surface area contributed by atoms with Crippen LogP contribution in [0.4, 0.5) is 5.69 Å². The van der Waals surface area contributed by atoms with Crippen molar-refractivity contribution in [1.82, 2.24) is 10.2 Å². The molecule has 198 valence electrons. The second-order valence-electron chi connectivity index (χ2n) is 8.45. The number of anilines is 1. The van der Waals surface area contributed by atoms with Gasteiger partial charge < -0.3 is 19.7 Å². The summed E-state index contributed by atoms with van der Waals surface area (Å²) in [6.45, 7) is 4.52. The maximum Gasteiger partial charge on any atom is 0.242 e. The minimum absolute atomic E-state index is 0.0721. The number of hydrogen-bond acceptors (Lipinski definition) is 6. The van der Waals surface area contributed by atoms with E-state index in [1.165, 1.54) is 16.3 Å². The molecule has 1 unspecified atom stereocenters. The number of hydrogen-bond donors (Lipinski definition) is 1. The SMILES string of the molecule is CCCNC(=O)C(C)N(Cc1ccc(OC)cc1)C(=O)CCCN(c1ccccc1OC)S(C)(=O)=O. The molecule has 0 aliphatic heterocycles. The number of nitrogens with one attached hydrogen (secondary N) is 1. The van der Waals surface area contributed by atoms with Gasteiger partial charge in [-0.05, 0) is 49.6 Å². The topological polar surface area (TPSA) is 105 Å². The first-order valence-corrected chi connectivity index (χ1v) is 13.8. The van der Waals surface area contributed by atoms with Crippen LogP contribution in [0, 0.1) is 0 Å². The Labute approximate surface area is 214 Å². The van der Waals surface area contributed by atoms with Crippen molar-refractivity contribution in [2.45, 2.75) is 45.7 Å². The highest BCUT2D eigenvalue weighted by Gasteiger charge is 2.27. The van der Waals surface area contributed by atoms with Gasteiger partial charge in [-0.2, -0.15) is 0 Å². The molecule has 0 fully saturated rings. The van der Waals surface area contributed by atoms with Crippen molar-refractivity contribution in [3.63, 3.8) is 0 Å². The number of benzene rings is 2. The van der Waals surface area contributed by atoms with Gasteiger partial charge in [0.25, 0.3) is 0 Å². The van der Waals surface area contributed by atoms with E-state index in [0.29, 0.717) is 23.7 Å². The predicted molar refractivity (Wildman–Crippen MR) is 141 cm³/mol. The Bertz CT molecular complexity index is 1100. The number of nitrogens with zero attached hydrogens (tertiary/aromatic N) is 2. The van der Waals surface area contributed by atoms with Gasteiger partial charge in [-0.1, -0.05) is 31.2 Å². The normalized spacial score (nSPS) is 11.9. The van der Waals surface area contributed by atoms with Crippen molar-refractivity contribution in [1.29, 1.82) is 0 Å². The first-order valence-electron chi connectivity index (χ1n) is 11.9. The minimum atomic E-state index is -3.61.